The van der Waals surface area contributed by atoms with Crippen LogP contribution in [0.2, 0.25) is 0 Å². The highest BCUT2D eigenvalue weighted by atomic mass is 32.1. The predicted octanol–water partition coefficient (Wildman–Crippen LogP) is 7.61. The summed E-state index contributed by atoms with van der Waals surface area (Å²) < 4.78 is 0. The van der Waals surface area contributed by atoms with E-state index in [1.165, 1.54) is 32.5 Å². The first kappa shape index (κ1) is 16.9. The fraction of sp³-hybridized carbons (Fsp3) is 0.0385. The molecule has 0 saturated carbocycles. The van der Waals surface area contributed by atoms with Crippen molar-refractivity contribution < 1.29 is 0 Å². The molecule has 0 N–H and O–H groups in total. The number of aryl methyl sites for hydroxylation is 1. The average molecular weight is 378 g/mol. The average Bonchev–Trinajstić information content (AvgIpc) is 3.18. The lowest BCUT2D eigenvalue weighted by molar-refractivity contribution is 1.42. The normalized spacial score (nSPS) is 11.0. The summed E-state index contributed by atoms with van der Waals surface area (Å²) >= 11 is 1.75. The third-order valence-corrected chi connectivity index (χ3v) is 6.08. The summed E-state index contributed by atoms with van der Waals surface area (Å²) in [6, 6.07) is 34.3. The monoisotopic (exact) mass is 377 g/mol. The third-order valence-electron chi connectivity index (χ3n) is 4.98. The van der Waals surface area contributed by atoms with Gasteiger partial charge in [-0.15, -0.1) is 11.3 Å². The molecule has 5 aromatic rings. The fourth-order valence-corrected chi connectivity index (χ4v) is 4.46. The number of thiophene rings is 1. The Hall–Kier alpha value is -3.23. The molecule has 0 aliphatic rings. The van der Waals surface area contributed by atoms with Gasteiger partial charge in [-0.2, -0.15) is 0 Å². The fourth-order valence-electron chi connectivity index (χ4n) is 3.43. The van der Waals surface area contributed by atoms with Gasteiger partial charge in [-0.3, -0.25) is 0 Å². The number of pyridine rings is 1. The van der Waals surface area contributed by atoms with E-state index in [1.54, 1.807) is 11.3 Å². The Labute approximate surface area is 169 Å². The van der Waals surface area contributed by atoms with Crippen molar-refractivity contribution in [1.82, 2.24) is 4.98 Å². The van der Waals surface area contributed by atoms with Crippen molar-refractivity contribution in [3.05, 3.63) is 103 Å². The molecule has 0 atom stereocenters. The standard InChI is InChI=1S/C26H19NS/c1-18-10-12-20(13-11-18)25-17-23-14-15-24(27-26(23)28-25)22-9-5-8-21(16-22)19-6-3-2-4-7-19/h2-17H,1H3. The summed E-state index contributed by atoms with van der Waals surface area (Å²) in [5, 5.41) is 1.20. The molecule has 5 rings (SSSR count). The molecule has 0 aliphatic carbocycles. The highest BCUT2D eigenvalue weighted by Crippen LogP contribution is 2.34. The predicted molar refractivity (Wildman–Crippen MR) is 121 cm³/mol. The molecule has 28 heavy (non-hydrogen) atoms. The topological polar surface area (TPSA) is 12.9 Å². The molecule has 0 saturated heterocycles. The first-order chi connectivity index (χ1) is 13.8. The Bertz CT molecular complexity index is 1250. The van der Waals surface area contributed by atoms with E-state index in [0.717, 1.165) is 16.1 Å². The van der Waals surface area contributed by atoms with Crippen molar-refractivity contribution >= 4 is 21.6 Å². The van der Waals surface area contributed by atoms with Gasteiger partial charge in [0.1, 0.15) is 4.83 Å². The summed E-state index contributed by atoms with van der Waals surface area (Å²) in [6.45, 7) is 2.12. The number of nitrogens with zero attached hydrogens (tertiary/aromatic N) is 1. The number of hydrogen-bond donors (Lipinski definition) is 0. The summed E-state index contributed by atoms with van der Waals surface area (Å²) in [5.74, 6) is 0. The van der Waals surface area contributed by atoms with Crippen molar-refractivity contribution in [3.8, 4) is 32.8 Å². The number of rotatable bonds is 3. The largest absolute Gasteiger partial charge is 0.237 e. The Morgan fingerprint density at radius 1 is 0.607 bits per heavy atom. The van der Waals surface area contributed by atoms with Crippen LogP contribution in [0.1, 0.15) is 5.56 Å². The van der Waals surface area contributed by atoms with Crippen LogP contribution in [0.25, 0.3) is 43.0 Å². The SMILES string of the molecule is Cc1ccc(-c2cc3ccc(-c4cccc(-c5ccccc5)c4)nc3s2)cc1. The summed E-state index contributed by atoms with van der Waals surface area (Å²) in [4.78, 5) is 7.31. The zero-order valence-electron chi connectivity index (χ0n) is 15.6. The van der Waals surface area contributed by atoms with E-state index >= 15 is 0 Å². The maximum Gasteiger partial charge on any atom is 0.124 e. The number of fused-ring (bicyclic) bond motifs is 1. The van der Waals surface area contributed by atoms with Gasteiger partial charge >= 0.3 is 0 Å². The molecule has 0 aliphatic heterocycles. The van der Waals surface area contributed by atoms with Crippen LogP contribution >= 0.6 is 11.3 Å². The minimum atomic E-state index is 1.02. The first-order valence-corrected chi connectivity index (χ1v) is 10.2. The van der Waals surface area contributed by atoms with Crippen LogP contribution in [0.3, 0.4) is 0 Å². The second-order valence-corrected chi connectivity index (χ2v) is 8.05. The van der Waals surface area contributed by atoms with Crippen molar-refractivity contribution in [3.63, 3.8) is 0 Å². The minimum absolute atomic E-state index is 1.02. The highest BCUT2D eigenvalue weighted by Gasteiger charge is 2.08. The summed E-state index contributed by atoms with van der Waals surface area (Å²) in [6.07, 6.45) is 0. The van der Waals surface area contributed by atoms with E-state index in [2.05, 4.69) is 97.9 Å². The third kappa shape index (κ3) is 3.23. The van der Waals surface area contributed by atoms with E-state index in [0.29, 0.717) is 0 Å². The van der Waals surface area contributed by atoms with Crippen molar-refractivity contribution in [2.24, 2.45) is 0 Å². The first-order valence-electron chi connectivity index (χ1n) is 9.40. The van der Waals surface area contributed by atoms with E-state index in [1.807, 2.05) is 6.07 Å². The molecule has 1 nitrogen and oxygen atoms in total. The van der Waals surface area contributed by atoms with Crippen LogP contribution in [0.15, 0.2) is 97.1 Å². The Kier molecular flexibility index (Phi) is 4.27. The zero-order valence-corrected chi connectivity index (χ0v) is 16.4. The lowest BCUT2D eigenvalue weighted by Crippen LogP contribution is -1.84. The van der Waals surface area contributed by atoms with Gasteiger partial charge in [-0.25, -0.2) is 4.98 Å². The van der Waals surface area contributed by atoms with Gasteiger partial charge in [0.25, 0.3) is 0 Å². The molecular formula is C26H19NS. The highest BCUT2D eigenvalue weighted by molar-refractivity contribution is 7.21. The lowest BCUT2D eigenvalue weighted by atomic mass is 10.0. The van der Waals surface area contributed by atoms with Gasteiger partial charge < -0.3 is 0 Å². The molecular weight excluding hydrogens is 358 g/mol. The van der Waals surface area contributed by atoms with E-state index in [4.69, 9.17) is 4.98 Å². The van der Waals surface area contributed by atoms with Crippen LogP contribution in [0.5, 0.6) is 0 Å². The maximum absolute atomic E-state index is 4.96. The second kappa shape index (κ2) is 7.06. The van der Waals surface area contributed by atoms with Crippen molar-refractivity contribution in [2.75, 3.05) is 0 Å². The molecule has 2 heteroatoms. The molecule has 134 valence electrons. The molecule has 3 aromatic carbocycles. The Morgan fingerprint density at radius 2 is 1.36 bits per heavy atom. The van der Waals surface area contributed by atoms with Gasteiger partial charge in [-0.05, 0) is 47.9 Å². The quantitative estimate of drug-likeness (QED) is 0.315. The van der Waals surface area contributed by atoms with Crippen LogP contribution in [0.4, 0.5) is 0 Å². The van der Waals surface area contributed by atoms with E-state index in [9.17, 15) is 0 Å². The van der Waals surface area contributed by atoms with Gasteiger partial charge in [0.05, 0.1) is 5.69 Å². The number of benzene rings is 3. The summed E-state index contributed by atoms with van der Waals surface area (Å²) in [5.41, 5.74) is 7.13. The molecule has 0 fully saturated rings. The molecule has 0 spiro atoms. The van der Waals surface area contributed by atoms with Gasteiger partial charge in [0, 0.05) is 15.8 Å². The van der Waals surface area contributed by atoms with Gasteiger partial charge in [-0.1, -0.05) is 78.4 Å². The van der Waals surface area contributed by atoms with Crippen molar-refractivity contribution in [1.29, 1.82) is 0 Å². The zero-order chi connectivity index (χ0) is 18.9. The van der Waals surface area contributed by atoms with Crippen LogP contribution < -0.4 is 0 Å². The lowest BCUT2D eigenvalue weighted by Gasteiger charge is -2.05. The van der Waals surface area contributed by atoms with Gasteiger partial charge in [0.15, 0.2) is 0 Å². The maximum atomic E-state index is 4.96. The molecule has 0 bridgehead atoms. The molecule has 2 aromatic heterocycles. The second-order valence-electron chi connectivity index (χ2n) is 7.01. The Balaban J connectivity index is 1.54. The van der Waals surface area contributed by atoms with E-state index < -0.39 is 0 Å². The smallest absolute Gasteiger partial charge is 0.124 e. The molecule has 0 unspecified atom stereocenters. The van der Waals surface area contributed by atoms with Crippen LogP contribution in [-0.4, -0.2) is 4.98 Å². The van der Waals surface area contributed by atoms with Crippen LogP contribution in [-0.2, 0) is 0 Å². The molecule has 0 radical (unpaired) electrons. The van der Waals surface area contributed by atoms with Crippen molar-refractivity contribution in [2.45, 2.75) is 6.92 Å². The number of hydrogen-bond acceptors (Lipinski definition) is 2. The minimum Gasteiger partial charge on any atom is -0.237 e. The number of aromatic nitrogens is 1. The molecule has 2 heterocycles. The van der Waals surface area contributed by atoms with Crippen LogP contribution in [0, 0.1) is 6.92 Å². The van der Waals surface area contributed by atoms with E-state index in [-0.39, 0.29) is 0 Å². The Morgan fingerprint density at radius 3 is 2.18 bits per heavy atom. The molecule has 0 amide bonds. The summed E-state index contributed by atoms with van der Waals surface area (Å²) in [7, 11) is 0. The van der Waals surface area contributed by atoms with Gasteiger partial charge in [0.2, 0.25) is 0 Å².